The van der Waals surface area contributed by atoms with Crippen molar-refractivity contribution in [3.8, 4) is 0 Å². The van der Waals surface area contributed by atoms with E-state index < -0.39 is 0 Å². The summed E-state index contributed by atoms with van der Waals surface area (Å²) in [6.07, 6.45) is 3.16. The predicted octanol–water partition coefficient (Wildman–Crippen LogP) is 5.69. The third-order valence-electron chi connectivity index (χ3n) is 3.52. The summed E-state index contributed by atoms with van der Waals surface area (Å²) in [4.78, 5) is 16.6. The van der Waals surface area contributed by atoms with Crippen molar-refractivity contribution in [3.63, 3.8) is 0 Å². The number of nitrogens with one attached hydrogen (secondary N) is 2. The number of carbonyl (C=O) groups is 1. The molecule has 4 nitrogen and oxygen atoms in total. The number of nitrogens with zero attached hydrogens (tertiary/aromatic N) is 1. The maximum atomic E-state index is 12.4. The number of halogens is 2. The van der Waals surface area contributed by atoms with E-state index in [1.807, 2.05) is 31.2 Å². The molecule has 0 fully saturated rings. The SMILES string of the molecule is Cc1ccc(Nc2cncc(C(=O)Nc3ccc(Cl)cc3Cl)c2)cc1. The quantitative estimate of drug-likeness (QED) is 0.618. The average Bonchev–Trinajstić information content (AvgIpc) is 2.60. The van der Waals surface area contributed by atoms with Crippen molar-refractivity contribution < 1.29 is 4.79 Å². The molecule has 3 rings (SSSR count). The third kappa shape index (κ3) is 4.50. The maximum absolute atomic E-state index is 12.4. The van der Waals surface area contributed by atoms with Crippen LogP contribution in [0.15, 0.2) is 60.9 Å². The Morgan fingerprint density at radius 2 is 1.72 bits per heavy atom. The Labute approximate surface area is 155 Å². The number of carbonyl (C=O) groups excluding carboxylic acids is 1. The molecule has 0 saturated carbocycles. The van der Waals surface area contributed by atoms with Gasteiger partial charge in [0.15, 0.2) is 0 Å². The topological polar surface area (TPSA) is 54.0 Å². The molecule has 0 saturated heterocycles. The van der Waals surface area contributed by atoms with E-state index in [4.69, 9.17) is 23.2 Å². The highest BCUT2D eigenvalue weighted by atomic mass is 35.5. The van der Waals surface area contributed by atoms with Crippen molar-refractivity contribution >= 4 is 46.2 Å². The number of pyridine rings is 1. The fourth-order valence-corrected chi connectivity index (χ4v) is 2.68. The number of aryl methyl sites for hydroxylation is 1. The molecule has 1 aromatic heterocycles. The third-order valence-corrected chi connectivity index (χ3v) is 4.07. The van der Waals surface area contributed by atoms with Gasteiger partial charge in [-0.1, -0.05) is 40.9 Å². The van der Waals surface area contributed by atoms with E-state index in [1.165, 1.54) is 11.8 Å². The first-order valence-corrected chi connectivity index (χ1v) is 8.32. The smallest absolute Gasteiger partial charge is 0.257 e. The zero-order valence-electron chi connectivity index (χ0n) is 13.4. The van der Waals surface area contributed by atoms with Crippen molar-refractivity contribution in [1.82, 2.24) is 4.98 Å². The molecule has 126 valence electrons. The van der Waals surface area contributed by atoms with Gasteiger partial charge in [0.2, 0.25) is 0 Å². The van der Waals surface area contributed by atoms with Gasteiger partial charge in [0.05, 0.1) is 28.2 Å². The summed E-state index contributed by atoms with van der Waals surface area (Å²) >= 11 is 11.9. The molecule has 25 heavy (non-hydrogen) atoms. The molecule has 0 aliphatic carbocycles. The molecular formula is C19H15Cl2N3O. The summed E-state index contributed by atoms with van der Waals surface area (Å²) < 4.78 is 0. The lowest BCUT2D eigenvalue weighted by atomic mass is 10.2. The highest BCUT2D eigenvalue weighted by molar-refractivity contribution is 6.36. The van der Waals surface area contributed by atoms with E-state index in [9.17, 15) is 4.79 Å². The van der Waals surface area contributed by atoms with Gasteiger partial charge in [0.25, 0.3) is 5.91 Å². The Morgan fingerprint density at radius 3 is 2.44 bits per heavy atom. The molecule has 3 aromatic rings. The summed E-state index contributed by atoms with van der Waals surface area (Å²) in [6, 6.07) is 14.6. The molecule has 0 bridgehead atoms. The van der Waals surface area contributed by atoms with Gasteiger partial charge in [-0.05, 0) is 43.3 Å². The van der Waals surface area contributed by atoms with E-state index in [2.05, 4.69) is 15.6 Å². The maximum Gasteiger partial charge on any atom is 0.257 e. The lowest BCUT2D eigenvalue weighted by Crippen LogP contribution is -2.12. The van der Waals surface area contributed by atoms with E-state index in [1.54, 1.807) is 30.5 Å². The van der Waals surface area contributed by atoms with Crippen LogP contribution in [0.4, 0.5) is 17.1 Å². The predicted molar refractivity (Wildman–Crippen MR) is 103 cm³/mol. The molecule has 0 aliphatic rings. The van der Waals surface area contributed by atoms with Crippen LogP contribution in [0.3, 0.4) is 0 Å². The second-order valence-corrected chi connectivity index (χ2v) is 6.38. The van der Waals surface area contributed by atoms with Crippen LogP contribution >= 0.6 is 23.2 Å². The van der Waals surface area contributed by atoms with E-state index >= 15 is 0 Å². The average molecular weight is 372 g/mol. The van der Waals surface area contributed by atoms with E-state index in [0.29, 0.717) is 21.3 Å². The molecule has 1 heterocycles. The van der Waals surface area contributed by atoms with Crippen LogP contribution in [-0.4, -0.2) is 10.9 Å². The number of anilines is 3. The largest absolute Gasteiger partial charge is 0.354 e. The van der Waals surface area contributed by atoms with Gasteiger partial charge in [-0.15, -0.1) is 0 Å². The number of hydrogen-bond acceptors (Lipinski definition) is 3. The Bertz CT molecular complexity index is 911. The zero-order chi connectivity index (χ0) is 17.8. The summed E-state index contributed by atoms with van der Waals surface area (Å²) in [5.74, 6) is -0.302. The molecule has 2 N–H and O–H groups in total. The lowest BCUT2D eigenvalue weighted by molar-refractivity contribution is 0.102. The number of benzene rings is 2. The van der Waals surface area contributed by atoms with Crippen LogP contribution in [-0.2, 0) is 0 Å². The number of amides is 1. The van der Waals surface area contributed by atoms with Crippen molar-refractivity contribution in [3.05, 3.63) is 82.1 Å². The standard InChI is InChI=1S/C19H15Cl2N3O/c1-12-2-5-15(6-3-12)23-16-8-13(10-22-11-16)19(25)24-18-7-4-14(20)9-17(18)21/h2-11,23H,1H3,(H,24,25). The first kappa shape index (κ1) is 17.3. The summed E-state index contributed by atoms with van der Waals surface area (Å²) in [6.45, 7) is 2.03. The Hall–Kier alpha value is -2.56. The fraction of sp³-hybridized carbons (Fsp3) is 0.0526. The molecule has 0 radical (unpaired) electrons. The van der Waals surface area contributed by atoms with Gasteiger partial charge >= 0.3 is 0 Å². The second-order valence-electron chi connectivity index (χ2n) is 5.53. The molecule has 1 amide bonds. The summed E-state index contributed by atoms with van der Waals surface area (Å²) in [5.41, 5.74) is 3.73. The first-order chi connectivity index (χ1) is 12.0. The van der Waals surface area contributed by atoms with Gasteiger partial charge < -0.3 is 10.6 Å². The highest BCUT2D eigenvalue weighted by Crippen LogP contribution is 2.26. The monoisotopic (exact) mass is 371 g/mol. The van der Waals surface area contributed by atoms with Crippen LogP contribution in [0.1, 0.15) is 15.9 Å². The zero-order valence-corrected chi connectivity index (χ0v) is 14.9. The Morgan fingerprint density at radius 1 is 0.960 bits per heavy atom. The van der Waals surface area contributed by atoms with Crippen LogP contribution in [0.5, 0.6) is 0 Å². The van der Waals surface area contributed by atoms with Crippen molar-refractivity contribution in [2.24, 2.45) is 0 Å². The van der Waals surface area contributed by atoms with Gasteiger partial charge in [-0.25, -0.2) is 0 Å². The van der Waals surface area contributed by atoms with Gasteiger partial charge in [0.1, 0.15) is 0 Å². The van der Waals surface area contributed by atoms with E-state index in [0.717, 1.165) is 11.4 Å². The molecule has 0 spiro atoms. The molecule has 0 atom stereocenters. The first-order valence-electron chi connectivity index (χ1n) is 7.56. The number of rotatable bonds is 4. The molecule has 6 heteroatoms. The molecule has 0 unspecified atom stereocenters. The summed E-state index contributed by atoms with van der Waals surface area (Å²) in [7, 11) is 0. The number of aromatic nitrogens is 1. The summed E-state index contributed by atoms with van der Waals surface area (Å²) in [5, 5.41) is 6.86. The van der Waals surface area contributed by atoms with Crippen LogP contribution in [0.25, 0.3) is 0 Å². The number of hydrogen-bond donors (Lipinski definition) is 2. The Kier molecular flexibility index (Phi) is 5.22. The van der Waals surface area contributed by atoms with Crippen molar-refractivity contribution in [1.29, 1.82) is 0 Å². The second kappa shape index (κ2) is 7.55. The van der Waals surface area contributed by atoms with Crippen molar-refractivity contribution in [2.75, 3.05) is 10.6 Å². The molecular weight excluding hydrogens is 357 g/mol. The normalized spacial score (nSPS) is 10.4. The van der Waals surface area contributed by atoms with Gasteiger partial charge in [-0.3, -0.25) is 9.78 Å². The van der Waals surface area contributed by atoms with Crippen LogP contribution in [0.2, 0.25) is 10.0 Å². The van der Waals surface area contributed by atoms with Gasteiger partial charge in [0, 0.05) is 16.9 Å². The minimum atomic E-state index is -0.302. The minimum absolute atomic E-state index is 0.302. The van der Waals surface area contributed by atoms with E-state index in [-0.39, 0.29) is 5.91 Å². The van der Waals surface area contributed by atoms with Crippen molar-refractivity contribution in [2.45, 2.75) is 6.92 Å². The lowest BCUT2D eigenvalue weighted by Gasteiger charge is -2.10. The van der Waals surface area contributed by atoms with Gasteiger partial charge in [-0.2, -0.15) is 0 Å². The fourth-order valence-electron chi connectivity index (χ4n) is 2.22. The molecule has 0 aliphatic heterocycles. The Balaban J connectivity index is 1.76. The van der Waals surface area contributed by atoms with Crippen LogP contribution in [0, 0.1) is 6.92 Å². The molecule has 2 aromatic carbocycles. The highest BCUT2D eigenvalue weighted by Gasteiger charge is 2.10. The minimum Gasteiger partial charge on any atom is -0.354 e. The van der Waals surface area contributed by atoms with Crippen LogP contribution < -0.4 is 10.6 Å².